The SMILES string of the molecule is C=C/C(=C\c1cn(-c2ccccc2)c2ccccc12)c1cccc(-n2c3ccccc3c3c(-c4ccc(-c5cc(-c6ccccc6)nc(-c6ccccc6)n5)cc4)cccc32)c1. The van der Waals surface area contributed by atoms with Crippen molar-refractivity contribution in [2.45, 2.75) is 0 Å². The number of rotatable bonds is 9. The molecule has 0 fully saturated rings. The smallest absolute Gasteiger partial charge is 0.160 e. The highest BCUT2D eigenvalue weighted by molar-refractivity contribution is 6.16. The van der Waals surface area contributed by atoms with Crippen molar-refractivity contribution < 1.29 is 0 Å². The number of aromatic nitrogens is 4. The first kappa shape index (κ1) is 36.7. The zero-order chi connectivity index (χ0) is 41.4. The summed E-state index contributed by atoms with van der Waals surface area (Å²) in [6, 6.07) is 74.7. The molecule has 0 saturated heterocycles. The van der Waals surface area contributed by atoms with Gasteiger partial charge in [0.2, 0.25) is 0 Å². The molecular weight excluding hydrogens is 753 g/mol. The summed E-state index contributed by atoms with van der Waals surface area (Å²) in [5.74, 6) is 0.707. The van der Waals surface area contributed by atoms with E-state index in [0.29, 0.717) is 5.82 Å². The van der Waals surface area contributed by atoms with Gasteiger partial charge in [0.05, 0.1) is 27.9 Å². The molecule has 0 amide bonds. The maximum absolute atomic E-state index is 5.08. The average molecular weight is 793 g/mol. The van der Waals surface area contributed by atoms with Crippen molar-refractivity contribution in [3.05, 3.63) is 242 Å². The van der Waals surface area contributed by atoms with E-state index in [-0.39, 0.29) is 0 Å². The van der Waals surface area contributed by atoms with Crippen LogP contribution in [-0.2, 0) is 0 Å². The van der Waals surface area contributed by atoms with E-state index in [2.05, 4.69) is 204 Å². The van der Waals surface area contributed by atoms with Crippen LogP contribution in [0, 0.1) is 0 Å². The first-order valence-electron chi connectivity index (χ1n) is 20.9. The topological polar surface area (TPSA) is 35.6 Å². The minimum atomic E-state index is 0.707. The van der Waals surface area contributed by atoms with Crippen molar-refractivity contribution in [3.8, 4) is 56.4 Å². The lowest BCUT2D eigenvalue weighted by Gasteiger charge is -2.12. The summed E-state index contributed by atoms with van der Waals surface area (Å²) in [6.45, 7) is 4.29. The van der Waals surface area contributed by atoms with E-state index < -0.39 is 0 Å². The van der Waals surface area contributed by atoms with Gasteiger partial charge in [-0.2, -0.15) is 0 Å². The number of para-hydroxylation sites is 3. The van der Waals surface area contributed by atoms with E-state index in [9.17, 15) is 0 Å². The maximum Gasteiger partial charge on any atom is 0.160 e. The zero-order valence-corrected chi connectivity index (χ0v) is 33.9. The van der Waals surface area contributed by atoms with Crippen LogP contribution in [0.2, 0.25) is 0 Å². The average Bonchev–Trinajstić information content (AvgIpc) is 3.90. The van der Waals surface area contributed by atoms with Crippen LogP contribution < -0.4 is 0 Å². The summed E-state index contributed by atoms with van der Waals surface area (Å²) in [5, 5.41) is 3.62. The van der Waals surface area contributed by atoms with E-state index in [1.54, 1.807) is 0 Å². The summed E-state index contributed by atoms with van der Waals surface area (Å²) >= 11 is 0. The largest absolute Gasteiger partial charge is 0.316 e. The Kier molecular flexibility index (Phi) is 9.29. The fourth-order valence-electron chi connectivity index (χ4n) is 8.80. The highest BCUT2D eigenvalue weighted by atomic mass is 15.0. The molecule has 11 aromatic rings. The Bertz CT molecular complexity index is 3390. The lowest BCUT2D eigenvalue weighted by Crippen LogP contribution is -1.96. The Labute approximate surface area is 360 Å². The van der Waals surface area contributed by atoms with Crippen LogP contribution in [-0.4, -0.2) is 19.1 Å². The van der Waals surface area contributed by atoms with E-state index in [4.69, 9.17) is 9.97 Å². The molecular formula is C58H40N4. The molecule has 0 saturated carbocycles. The second-order valence-electron chi connectivity index (χ2n) is 15.5. The van der Waals surface area contributed by atoms with Crippen molar-refractivity contribution in [2.75, 3.05) is 0 Å². The van der Waals surface area contributed by atoms with Crippen LogP contribution in [0.25, 0.3) is 101 Å². The predicted octanol–water partition coefficient (Wildman–Crippen LogP) is 14.9. The molecule has 0 spiro atoms. The first-order chi connectivity index (χ1) is 30.7. The van der Waals surface area contributed by atoms with Gasteiger partial charge in [0, 0.05) is 56.0 Å². The molecule has 0 aliphatic heterocycles. The molecule has 0 aliphatic rings. The molecule has 8 aromatic carbocycles. The van der Waals surface area contributed by atoms with Gasteiger partial charge >= 0.3 is 0 Å². The minimum absolute atomic E-state index is 0.707. The molecule has 0 N–H and O–H groups in total. The van der Waals surface area contributed by atoms with Gasteiger partial charge in [0.25, 0.3) is 0 Å². The molecule has 3 aromatic heterocycles. The lowest BCUT2D eigenvalue weighted by molar-refractivity contribution is 1.13. The Morgan fingerprint density at radius 1 is 0.452 bits per heavy atom. The van der Waals surface area contributed by atoms with Crippen LogP contribution in [0.15, 0.2) is 231 Å². The fourth-order valence-corrected chi connectivity index (χ4v) is 8.80. The minimum Gasteiger partial charge on any atom is -0.316 e. The van der Waals surface area contributed by atoms with Gasteiger partial charge in [-0.25, -0.2) is 9.97 Å². The third-order valence-corrected chi connectivity index (χ3v) is 11.8. The molecule has 4 nitrogen and oxygen atoms in total. The van der Waals surface area contributed by atoms with E-state index >= 15 is 0 Å². The Morgan fingerprint density at radius 2 is 1.02 bits per heavy atom. The van der Waals surface area contributed by atoms with Crippen molar-refractivity contribution in [1.82, 2.24) is 19.1 Å². The van der Waals surface area contributed by atoms with Crippen LogP contribution in [0.5, 0.6) is 0 Å². The Hall–Kier alpha value is -8.34. The molecule has 0 aliphatic carbocycles. The molecule has 0 bridgehead atoms. The van der Waals surface area contributed by atoms with Crippen molar-refractivity contribution in [3.63, 3.8) is 0 Å². The third kappa shape index (κ3) is 6.61. The monoisotopic (exact) mass is 792 g/mol. The van der Waals surface area contributed by atoms with Crippen LogP contribution in [0.4, 0.5) is 0 Å². The van der Waals surface area contributed by atoms with E-state index in [0.717, 1.165) is 72.7 Å². The van der Waals surface area contributed by atoms with Crippen molar-refractivity contribution in [1.29, 1.82) is 0 Å². The zero-order valence-electron chi connectivity index (χ0n) is 33.9. The summed E-state index contributed by atoms with van der Waals surface area (Å²) in [5.41, 5.74) is 16.2. The van der Waals surface area contributed by atoms with Gasteiger partial charge in [0.15, 0.2) is 5.82 Å². The number of nitrogens with zero attached hydrogens (tertiary/aromatic N) is 4. The van der Waals surface area contributed by atoms with Crippen LogP contribution in [0.3, 0.4) is 0 Å². The quantitative estimate of drug-likeness (QED) is 0.137. The molecule has 0 radical (unpaired) electrons. The third-order valence-electron chi connectivity index (χ3n) is 11.8. The second-order valence-corrected chi connectivity index (χ2v) is 15.5. The molecule has 292 valence electrons. The highest BCUT2D eigenvalue weighted by Crippen LogP contribution is 2.40. The molecule has 3 heterocycles. The maximum atomic E-state index is 5.08. The van der Waals surface area contributed by atoms with Gasteiger partial charge in [0.1, 0.15) is 0 Å². The molecule has 4 heteroatoms. The molecule has 0 atom stereocenters. The number of allylic oxidation sites excluding steroid dienone is 2. The number of hydrogen-bond donors (Lipinski definition) is 0. The van der Waals surface area contributed by atoms with Gasteiger partial charge in [-0.3, -0.25) is 0 Å². The van der Waals surface area contributed by atoms with Gasteiger partial charge in [-0.05, 0) is 76.9 Å². The second kappa shape index (κ2) is 15.7. The standard InChI is InChI=1S/C58H40N4/c1-2-40(36-46-39-61(47-23-10-5-11-24-47)54-29-14-12-26-49(46)54)45-22-16-25-48(37-45)62-55-30-15-13-27-51(55)57-50(28-17-31-56(57)62)41-32-34-43(35-33-41)53-38-52(42-18-6-3-7-19-42)59-58(60-53)44-20-8-4-9-21-44/h2-39H,1H2/b40-36+. The molecule has 11 rings (SSSR count). The van der Waals surface area contributed by atoms with Gasteiger partial charge in [-0.1, -0.05) is 176 Å². The lowest BCUT2D eigenvalue weighted by atomic mass is 9.97. The molecule has 0 unspecified atom stereocenters. The Balaban J connectivity index is 0.991. The highest BCUT2D eigenvalue weighted by Gasteiger charge is 2.18. The summed E-state index contributed by atoms with van der Waals surface area (Å²) in [4.78, 5) is 10.1. The number of benzene rings is 8. The van der Waals surface area contributed by atoms with Crippen molar-refractivity contribution in [2.24, 2.45) is 0 Å². The predicted molar refractivity (Wildman–Crippen MR) is 259 cm³/mol. The van der Waals surface area contributed by atoms with Gasteiger partial charge in [-0.15, -0.1) is 0 Å². The van der Waals surface area contributed by atoms with E-state index in [1.807, 2.05) is 42.5 Å². The number of fused-ring (bicyclic) bond motifs is 4. The van der Waals surface area contributed by atoms with E-state index in [1.165, 1.54) is 27.2 Å². The van der Waals surface area contributed by atoms with Gasteiger partial charge < -0.3 is 9.13 Å². The summed E-state index contributed by atoms with van der Waals surface area (Å²) in [7, 11) is 0. The van der Waals surface area contributed by atoms with Crippen LogP contribution in [0.1, 0.15) is 11.1 Å². The molecule has 62 heavy (non-hydrogen) atoms. The van der Waals surface area contributed by atoms with Crippen molar-refractivity contribution >= 4 is 44.4 Å². The fraction of sp³-hybridized carbons (Fsp3) is 0. The number of hydrogen-bond acceptors (Lipinski definition) is 2. The summed E-state index contributed by atoms with van der Waals surface area (Å²) < 4.78 is 4.66. The summed E-state index contributed by atoms with van der Waals surface area (Å²) in [6.07, 6.45) is 6.45. The van der Waals surface area contributed by atoms with Crippen LogP contribution >= 0.6 is 0 Å². The normalized spacial score (nSPS) is 11.7. The first-order valence-corrected chi connectivity index (χ1v) is 20.9. The Morgan fingerprint density at radius 3 is 1.74 bits per heavy atom.